The largest absolute Gasteiger partial charge is 0.305 e. The van der Waals surface area contributed by atoms with Crippen molar-refractivity contribution in [2.24, 2.45) is 0 Å². The Morgan fingerprint density at radius 3 is 2.04 bits per heavy atom. The van der Waals surface area contributed by atoms with Crippen LogP contribution in [-0.4, -0.2) is 9.97 Å². The summed E-state index contributed by atoms with van der Waals surface area (Å²) in [6.45, 7) is 9.00. The fourth-order valence-electron chi connectivity index (χ4n) is 6.69. The summed E-state index contributed by atoms with van der Waals surface area (Å²) in [5, 5.41) is 0. The quantitative estimate of drug-likeness (QED) is 0.163. The second-order valence-corrected chi connectivity index (χ2v) is 11.6. The van der Waals surface area contributed by atoms with Gasteiger partial charge in [0.1, 0.15) is 5.82 Å². The first-order valence-corrected chi connectivity index (χ1v) is 15.3. The summed E-state index contributed by atoms with van der Waals surface area (Å²) in [7, 11) is 0. The first-order valence-electron chi connectivity index (χ1n) is 15.3. The molecule has 0 fully saturated rings. The third kappa shape index (κ3) is 6.35. The van der Waals surface area contributed by atoms with E-state index in [2.05, 4.69) is 110 Å². The average Bonchev–Trinajstić information content (AvgIpc) is 3.34. The van der Waals surface area contributed by atoms with Gasteiger partial charge in [0.15, 0.2) is 0 Å². The molecule has 233 valence electrons. The van der Waals surface area contributed by atoms with Crippen LogP contribution < -0.4 is 0 Å². The van der Waals surface area contributed by atoms with Gasteiger partial charge in [0.25, 0.3) is 0 Å². The first-order chi connectivity index (χ1) is 21.8. The molecule has 6 aromatic rings. The Morgan fingerprint density at radius 1 is 0.652 bits per heavy atom. The third-order valence-electron chi connectivity index (χ3n) is 8.75. The fourth-order valence-corrected chi connectivity index (χ4v) is 6.69. The van der Waals surface area contributed by atoms with Gasteiger partial charge < -0.3 is 9.97 Å². The van der Waals surface area contributed by atoms with Crippen molar-refractivity contribution in [2.45, 2.75) is 46.0 Å². The Balaban J connectivity index is 0.000000234. The van der Waals surface area contributed by atoms with Crippen LogP contribution in [0.15, 0.2) is 109 Å². The van der Waals surface area contributed by atoms with Crippen LogP contribution in [0, 0.1) is 37.6 Å². The molecule has 0 unspecified atom stereocenters. The van der Waals surface area contributed by atoms with Gasteiger partial charge in [-0.25, -0.2) is 8.78 Å². The minimum Gasteiger partial charge on any atom is -0.305 e. The molecule has 1 radical (unpaired) electrons. The first kappa shape index (κ1) is 33.1. The molecular formula is C41H34F2IrN2-2. The monoisotopic (exact) mass is 785 g/mol. The van der Waals surface area contributed by atoms with E-state index in [0.717, 1.165) is 24.1 Å². The molecular weight excluding hydrogens is 751 g/mol. The summed E-state index contributed by atoms with van der Waals surface area (Å²) in [6.07, 6.45) is 5.32. The molecule has 0 spiro atoms. The van der Waals surface area contributed by atoms with Crippen LogP contribution >= 0.6 is 0 Å². The maximum absolute atomic E-state index is 12.8. The second kappa shape index (κ2) is 14.0. The van der Waals surface area contributed by atoms with Crippen molar-refractivity contribution in [3.63, 3.8) is 0 Å². The zero-order chi connectivity index (χ0) is 31.6. The molecule has 0 N–H and O–H groups in total. The SMILES string of the molecule is CCC1(CC)c2cc(-c3cc(C)cc(C)c3)ccc2-c2cc[c-]c(-c3ccccn3)c21.Fc1cc[c-]c(-c2cc(F)ccn2)c1.[Ir]. The van der Waals surface area contributed by atoms with E-state index in [1.807, 2.05) is 12.3 Å². The normalized spacial score (nSPS) is 12.3. The van der Waals surface area contributed by atoms with Crippen LogP contribution in [0.3, 0.4) is 0 Å². The molecule has 0 saturated carbocycles. The van der Waals surface area contributed by atoms with Gasteiger partial charge in [0.2, 0.25) is 0 Å². The standard InChI is InChI=1S/C30H28N.C11H6F2N.Ir/c1-5-30(6-2)27-19-22(23-17-20(3)16-21(4)18-23)13-14-24(27)25-10-9-11-26(29(25)30)28-12-7-8-15-31-28;12-9-3-1-2-8(6-9)11-7-10(13)4-5-14-11;/h7-10,12-19H,5-6H2,1-4H3;1,3-7H;/q2*-1;. The van der Waals surface area contributed by atoms with Gasteiger partial charge in [0.05, 0.1) is 0 Å². The molecule has 46 heavy (non-hydrogen) atoms. The summed E-state index contributed by atoms with van der Waals surface area (Å²) < 4.78 is 25.6. The number of halogens is 2. The summed E-state index contributed by atoms with van der Waals surface area (Å²) in [4.78, 5) is 8.59. The Hall–Kier alpha value is -4.31. The number of benzene rings is 4. The Morgan fingerprint density at radius 2 is 1.37 bits per heavy atom. The zero-order valence-electron chi connectivity index (χ0n) is 26.3. The number of nitrogens with zero attached hydrogens (tertiary/aromatic N) is 2. The molecule has 2 heterocycles. The minimum absolute atomic E-state index is 0. The average molecular weight is 785 g/mol. The second-order valence-electron chi connectivity index (χ2n) is 11.6. The number of hydrogen-bond donors (Lipinski definition) is 0. The fraction of sp³-hybridized carbons (Fsp3) is 0.171. The van der Waals surface area contributed by atoms with E-state index in [-0.39, 0.29) is 31.3 Å². The molecule has 2 aromatic heterocycles. The predicted molar refractivity (Wildman–Crippen MR) is 179 cm³/mol. The van der Waals surface area contributed by atoms with Gasteiger partial charge in [-0.3, -0.25) is 0 Å². The van der Waals surface area contributed by atoms with Crippen LogP contribution in [0.2, 0.25) is 0 Å². The molecule has 0 aliphatic heterocycles. The number of aromatic nitrogens is 2. The molecule has 2 nitrogen and oxygen atoms in total. The molecule has 0 amide bonds. The summed E-state index contributed by atoms with van der Waals surface area (Å²) in [6, 6.07) is 37.1. The van der Waals surface area contributed by atoms with Gasteiger partial charge >= 0.3 is 0 Å². The number of hydrogen-bond acceptors (Lipinski definition) is 2. The van der Waals surface area contributed by atoms with Gasteiger partial charge in [-0.05, 0) is 71.1 Å². The molecule has 5 heteroatoms. The van der Waals surface area contributed by atoms with Crippen molar-refractivity contribution in [1.82, 2.24) is 9.97 Å². The van der Waals surface area contributed by atoms with Gasteiger partial charge in [-0.15, -0.1) is 59.2 Å². The van der Waals surface area contributed by atoms with Crippen molar-refractivity contribution >= 4 is 0 Å². The van der Waals surface area contributed by atoms with Gasteiger partial charge in [0, 0.05) is 38.3 Å². The van der Waals surface area contributed by atoms with Gasteiger partial charge in [-0.1, -0.05) is 91.9 Å². The predicted octanol–water partition coefficient (Wildman–Crippen LogP) is 10.7. The smallest absolute Gasteiger partial charge is 0.117 e. The van der Waals surface area contributed by atoms with Crippen LogP contribution in [0.5, 0.6) is 0 Å². The summed E-state index contributed by atoms with van der Waals surface area (Å²) in [5.41, 5.74) is 13.7. The number of fused-ring (bicyclic) bond motifs is 3. The Bertz CT molecular complexity index is 1920. The molecule has 1 aliphatic rings. The van der Waals surface area contributed by atoms with Crippen LogP contribution in [0.4, 0.5) is 8.78 Å². The molecule has 7 rings (SSSR count). The minimum atomic E-state index is -0.396. The van der Waals surface area contributed by atoms with E-state index in [4.69, 9.17) is 0 Å². The Kier molecular flexibility index (Phi) is 10.1. The topological polar surface area (TPSA) is 25.8 Å². The van der Waals surface area contributed by atoms with Crippen molar-refractivity contribution in [1.29, 1.82) is 0 Å². The number of rotatable bonds is 5. The van der Waals surface area contributed by atoms with E-state index < -0.39 is 5.82 Å². The van der Waals surface area contributed by atoms with E-state index in [0.29, 0.717) is 11.3 Å². The van der Waals surface area contributed by atoms with E-state index in [1.165, 1.54) is 81.0 Å². The maximum Gasteiger partial charge on any atom is 0.117 e. The van der Waals surface area contributed by atoms with E-state index >= 15 is 0 Å². The molecule has 1 aliphatic carbocycles. The zero-order valence-corrected chi connectivity index (χ0v) is 28.7. The number of aryl methyl sites for hydroxylation is 2. The van der Waals surface area contributed by atoms with Crippen LogP contribution in [0.1, 0.15) is 48.9 Å². The van der Waals surface area contributed by atoms with Gasteiger partial charge in [-0.2, -0.15) is 0 Å². The van der Waals surface area contributed by atoms with Crippen molar-refractivity contribution < 1.29 is 28.9 Å². The Labute approximate surface area is 284 Å². The van der Waals surface area contributed by atoms with Crippen molar-refractivity contribution in [3.8, 4) is 44.8 Å². The van der Waals surface area contributed by atoms with E-state index in [1.54, 1.807) is 0 Å². The van der Waals surface area contributed by atoms with Crippen molar-refractivity contribution in [2.75, 3.05) is 0 Å². The number of pyridine rings is 2. The maximum atomic E-state index is 12.8. The molecule has 0 bridgehead atoms. The molecule has 0 saturated heterocycles. The van der Waals surface area contributed by atoms with Crippen molar-refractivity contribution in [3.05, 3.63) is 155 Å². The van der Waals surface area contributed by atoms with E-state index in [9.17, 15) is 8.78 Å². The summed E-state index contributed by atoms with van der Waals surface area (Å²) >= 11 is 0. The van der Waals surface area contributed by atoms with Crippen LogP contribution in [0.25, 0.3) is 44.8 Å². The van der Waals surface area contributed by atoms with Crippen LogP contribution in [-0.2, 0) is 25.5 Å². The molecule has 4 aromatic carbocycles. The third-order valence-corrected chi connectivity index (χ3v) is 8.75. The summed E-state index contributed by atoms with van der Waals surface area (Å²) in [5.74, 6) is -0.780. The molecule has 0 atom stereocenters.